The maximum Gasteiger partial charge on any atom is 0.108 e. The van der Waals surface area contributed by atoms with Crippen LogP contribution in [0, 0.1) is 12.8 Å². The standard InChI is InChI=1S/C9H13NOS/c1-6-3-9(11,4-6)8-5-12-7(2)10-8/h5-6,11H,3-4H2,1-2H3. The number of aromatic nitrogens is 1. The number of nitrogens with zero attached hydrogens (tertiary/aromatic N) is 1. The predicted octanol–water partition coefficient (Wildman–Crippen LogP) is 2.07. The van der Waals surface area contributed by atoms with E-state index in [0.29, 0.717) is 5.92 Å². The van der Waals surface area contributed by atoms with E-state index in [-0.39, 0.29) is 0 Å². The van der Waals surface area contributed by atoms with Crippen molar-refractivity contribution in [2.45, 2.75) is 32.3 Å². The fourth-order valence-corrected chi connectivity index (χ4v) is 2.58. The summed E-state index contributed by atoms with van der Waals surface area (Å²) in [7, 11) is 0. The molecule has 3 heteroatoms. The first-order chi connectivity index (χ1) is 5.60. The zero-order valence-corrected chi connectivity index (χ0v) is 8.19. The molecule has 0 aromatic carbocycles. The van der Waals surface area contributed by atoms with Gasteiger partial charge in [0.05, 0.1) is 10.7 Å². The molecule has 0 bridgehead atoms. The van der Waals surface area contributed by atoms with Gasteiger partial charge in [0.25, 0.3) is 0 Å². The van der Waals surface area contributed by atoms with E-state index >= 15 is 0 Å². The Morgan fingerprint density at radius 1 is 1.67 bits per heavy atom. The first-order valence-corrected chi connectivity index (χ1v) is 5.13. The third kappa shape index (κ3) is 1.17. The molecule has 0 saturated heterocycles. The second-order valence-electron chi connectivity index (χ2n) is 3.80. The molecule has 1 aromatic rings. The highest BCUT2D eigenvalue weighted by atomic mass is 32.1. The average Bonchev–Trinajstić information content (AvgIpc) is 2.33. The molecule has 0 radical (unpaired) electrons. The largest absolute Gasteiger partial charge is 0.384 e. The Morgan fingerprint density at radius 3 is 2.75 bits per heavy atom. The Bertz CT molecular complexity index is 288. The Labute approximate surface area is 76.3 Å². The van der Waals surface area contributed by atoms with Gasteiger partial charge in [-0.3, -0.25) is 0 Å². The number of rotatable bonds is 1. The van der Waals surface area contributed by atoms with Crippen molar-refractivity contribution in [2.24, 2.45) is 5.92 Å². The SMILES string of the molecule is Cc1nc(C2(O)CC(C)C2)cs1. The fourth-order valence-electron chi connectivity index (χ4n) is 1.88. The minimum atomic E-state index is -0.593. The lowest BCUT2D eigenvalue weighted by Gasteiger charge is -2.40. The smallest absolute Gasteiger partial charge is 0.108 e. The van der Waals surface area contributed by atoms with Gasteiger partial charge in [-0.05, 0) is 25.7 Å². The highest BCUT2D eigenvalue weighted by Gasteiger charge is 2.43. The van der Waals surface area contributed by atoms with Gasteiger partial charge in [-0.25, -0.2) is 4.98 Å². The van der Waals surface area contributed by atoms with Crippen molar-refractivity contribution >= 4 is 11.3 Å². The Kier molecular flexibility index (Phi) is 1.73. The quantitative estimate of drug-likeness (QED) is 0.723. The summed E-state index contributed by atoms with van der Waals surface area (Å²) in [6, 6.07) is 0. The van der Waals surface area contributed by atoms with Crippen LogP contribution >= 0.6 is 11.3 Å². The lowest BCUT2D eigenvalue weighted by atomic mass is 9.70. The van der Waals surface area contributed by atoms with E-state index in [1.165, 1.54) is 0 Å². The van der Waals surface area contributed by atoms with Gasteiger partial charge in [-0.1, -0.05) is 6.92 Å². The van der Waals surface area contributed by atoms with Crippen molar-refractivity contribution in [2.75, 3.05) is 0 Å². The lowest BCUT2D eigenvalue weighted by molar-refractivity contribution is -0.0769. The zero-order valence-electron chi connectivity index (χ0n) is 7.37. The molecular weight excluding hydrogens is 170 g/mol. The minimum Gasteiger partial charge on any atom is -0.384 e. The van der Waals surface area contributed by atoms with Crippen molar-refractivity contribution in [1.82, 2.24) is 4.98 Å². The summed E-state index contributed by atoms with van der Waals surface area (Å²) in [5.41, 5.74) is 0.285. The van der Waals surface area contributed by atoms with Gasteiger partial charge < -0.3 is 5.11 Å². The van der Waals surface area contributed by atoms with Gasteiger partial charge in [0.2, 0.25) is 0 Å². The van der Waals surface area contributed by atoms with Crippen LogP contribution in [0.25, 0.3) is 0 Å². The monoisotopic (exact) mass is 183 g/mol. The summed E-state index contributed by atoms with van der Waals surface area (Å²) >= 11 is 1.61. The molecule has 0 atom stereocenters. The average molecular weight is 183 g/mol. The molecule has 1 heterocycles. The third-order valence-electron chi connectivity index (χ3n) is 2.47. The summed E-state index contributed by atoms with van der Waals surface area (Å²) in [5.74, 6) is 0.650. The van der Waals surface area contributed by atoms with Crippen LogP contribution in [0.15, 0.2) is 5.38 Å². The van der Waals surface area contributed by atoms with E-state index < -0.39 is 5.60 Å². The molecule has 1 aliphatic carbocycles. The molecule has 1 fully saturated rings. The molecule has 0 unspecified atom stereocenters. The molecule has 0 spiro atoms. The number of hydrogen-bond donors (Lipinski definition) is 1. The van der Waals surface area contributed by atoms with E-state index in [9.17, 15) is 5.11 Å². The van der Waals surface area contributed by atoms with Crippen molar-refractivity contribution in [3.8, 4) is 0 Å². The molecule has 1 N–H and O–H groups in total. The molecule has 66 valence electrons. The van der Waals surface area contributed by atoms with Crippen molar-refractivity contribution < 1.29 is 5.11 Å². The molecule has 0 aliphatic heterocycles. The third-order valence-corrected chi connectivity index (χ3v) is 3.24. The summed E-state index contributed by atoms with van der Waals surface area (Å²) in [6.45, 7) is 4.13. The second-order valence-corrected chi connectivity index (χ2v) is 4.86. The summed E-state index contributed by atoms with van der Waals surface area (Å²) in [6.07, 6.45) is 1.74. The van der Waals surface area contributed by atoms with E-state index in [0.717, 1.165) is 23.5 Å². The van der Waals surface area contributed by atoms with Gasteiger partial charge in [-0.15, -0.1) is 11.3 Å². The van der Waals surface area contributed by atoms with Gasteiger partial charge in [0, 0.05) is 5.38 Å². The summed E-state index contributed by atoms with van der Waals surface area (Å²) < 4.78 is 0. The minimum absolute atomic E-state index is 0.593. The van der Waals surface area contributed by atoms with Crippen molar-refractivity contribution in [3.63, 3.8) is 0 Å². The highest BCUT2D eigenvalue weighted by molar-refractivity contribution is 7.09. The molecule has 1 aliphatic rings. The summed E-state index contributed by atoms with van der Waals surface area (Å²) in [5, 5.41) is 13.0. The second kappa shape index (κ2) is 2.54. The van der Waals surface area contributed by atoms with Crippen LogP contribution in [0.5, 0.6) is 0 Å². The Balaban J connectivity index is 2.20. The van der Waals surface area contributed by atoms with E-state index in [1.807, 2.05) is 12.3 Å². The van der Waals surface area contributed by atoms with Crippen LogP contribution in [0.1, 0.15) is 30.5 Å². The molecule has 1 saturated carbocycles. The van der Waals surface area contributed by atoms with Gasteiger partial charge >= 0.3 is 0 Å². The van der Waals surface area contributed by atoms with Gasteiger partial charge in [0.15, 0.2) is 0 Å². The van der Waals surface area contributed by atoms with Crippen LogP contribution in [-0.4, -0.2) is 10.1 Å². The number of thiazole rings is 1. The predicted molar refractivity (Wildman–Crippen MR) is 49.1 cm³/mol. The molecular formula is C9H13NOS. The van der Waals surface area contributed by atoms with Crippen LogP contribution in [0.2, 0.25) is 0 Å². The van der Waals surface area contributed by atoms with E-state index in [2.05, 4.69) is 11.9 Å². The van der Waals surface area contributed by atoms with E-state index in [4.69, 9.17) is 0 Å². The van der Waals surface area contributed by atoms with Crippen LogP contribution in [0.3, 0.4) is 0 Å². The van der Waals surface area contributed by atoms with Crippen LogP contribution in [0.4, 0.5) is 0 Å². The maximum absolute atomic E-state index is 10.0. The molecule has 1 aromatic heterocycles. The maximum atomic E-state index is 10.0. The van der Waals surface area contributed by atoms with Crippen LogP contribution < -0.4 is 0 Å². The van der Waals surface area contributed by atoms with Crippen molar-refractivity contribution in [3.05, 3.63) is 16.1 Å². The van der Waals surface area contributed by atoms with Gasteiger partial charge in [-0.2, -0.15) is 0 Å². The van der Waals surface area contributed by atoms with Crippen LogP contribution in [-0.2, 0) is 5.60 Å². The topological polar surface area (TPSA) is 33.1 Å². The fraction of sp³-hybridized carbons (Fsp3) is 0.667. The molecule has 2 nitrogen and oxygen atoms in total. The molecule has 12 heavy (non-hydrogen) atoms. The number of aliphatic hydroxyl groups is 1. The Morgan fingerprint density at radius 2 is 2.33 bits per heavy atom. The highest BCUT2D eigenvalue weighted by Crippen LogP contribution is 2.45. The lowest BCUT2D eigenvalue weighted by Crippen LogP contribution is -2.40. The number of aryl methyl sites for hydroxylation is 1. The van der Waals surface area contributed by atoms with Crippen molar-refractivity contribution in [1.29, 1.82) is 0 Å². The first-order valence-electron chi connectivity index (χ1n) is 4.25. The van der Waals surface area contributed by atoms with Gasteiger partial charge in [0.1, 0.15) is 5.60 Å². The normalized spacial score (nSPS) is 34.8. The zero-order chi connectivity index (χ0) is 8.77. The molecule has 0 amide bonds. The summed E-state index contributed by atoms with van der Waals surface area (Å²) in [4.78, 5) is 4.31. The first kappa shape index (κ1) is 8.20. The Hall–Kier alpha value is -0.410. The van der Waals surface area contributed by atoms with E-state index in [1.54, 1.807) is 11.3 Å². The molecule has 2 rings (SSSR count). The number of hydrogen-bond acceptors (Lipinski definition) is 3.